The average molecular weight is 306 g/mol. The van der Waals surface area contributed by atoms with Crippen molar-refractivity contribution >= 4 is 34.7 Å². The Bertz CT molecular complexity index is 623. The molecule has 0 aromatic heterocycles. The first-order valence-electron chi connectivity index (χ1n) is 6.98. The van der Waals surface area contributed by atoms with Gasteiger partial charge < -0.3 is 5.73 Å². The molecule has 2 atom stereocenters. The molecule has 21 heavy (non-hydrogen) atoms. The van der Waals surface area contributed by atoms with Crippen molar-refractivity contribution in [3.05, 3.63) is 29.6 Å². The normalized spacial score (nSPS) is 25.1. The maximum absolute atomic E-state index is 13.4. The summed E-state index contributed by atoms with van der Waals surface area (Å²) in [6.45, 7) is 0. The molecule has 0 spiro atoms. The zero-order valence-electron chi connectivity index (χ0n) is 11.3. The van der Waals surface area contributed by atoms with Gasteiger partial charge in [-0.3, -0.25) is 9.59 Å². The van der Waals surface area contributed by atoms with Crippen LogP contribution in [0.15, 0.2) is 18.2 Å². The van der Waals surface area contributed by atoms with Gasteiger partial charge in [-0.1, -0.05) is 25.1 Å². The van der Waals surface area contributed by atoms with Gasteiger partial charge in [0.25, 0.3) is 0 Å². The van der Waals surface area contributed by atoms with Crippen molar-refractivity contribution in [3.8, 4) is 0 Å². The number of benzene rings is 1. The van der Waals surface area contributed by atoms with E-state index < -0.39 is 5.82 Å². The molecule has 2 fully saturated rings. The molecule has 6 heteroatoms. The second kappa shape index (κ2) is 5.18. The van der Waals surface area contributed by atoms with Crippen LogP contribution in [0.25, 0.3) is 0 Å². The van der Waals surface area contributed by atoms with Crippen LogP contribution in [0.4, 0.5) is 10.1 Å². The molecule has 2 amide bonds. The van der Waals surface area contributed by atoms with E-state index >= 15 is 0 Å². The van der Waals surface area contributed by atoms with Gasteiger partial charge in [-0.15, -0.1) is 0 Å². The first-order valence-corrected chi connectivity index (χ1v) is 7.38. The molecule has 1 saturated heterocycles. The van der Waals surface area contributed by atoms with Crippen molar-refractivity contribution in [3.63, 3.8) is 0 Å². The quantitative estimate of drug-likeness (QED) is 0.671. The van der Waals surface area contributed by atoms with E-state index in [-0.39, 0.29) is 34.2 Å². The van der Waals surface area contributed by atoms with Gasteiger partial charge in [0.2, 0.25) is 11.8 Å². The van der Waals surface area contributed by atoms with Crippen molar-refractivity contribution in [2.75, 3.05) is 4.90 Å². The fourth-order valence-electron chi connectivity index (χ4n) is 3.30. The van der Waals surface area contributed by atoms with Crippen LogP contribution in [0.2, 0.25) is 0 Å². The molecule has 1 aliphatic heterocycles. The summed E-state index contributed by atoms with van der Waals surface area (Å²) in [5, 5.41) is 0. The molecule has 0 radical (unpaired) electrons. The molecular formula is C15H15FN2O2S. The number of anilines is 1. The number of carbonyl (C=O) groups is 2. The van der Waals surface area contributed by atoms with Gasteiger partial charge in [0.15, 0.2) is 0 Å². The molecule has 1 saturated carbocycles. The highest BCUT2D eigenvalue weighted by Crippen LogP contribution is 2.40. The predicted octanol–water partition coefficient (Wildman–Crippen LogP) is 2.14. The van der Waals surface area contributed by atoms with Crippen LogP contribution in [0, 0.1) is 17.7 Å². The summed E-state index contributed by atoms with van der Waals surface area (Å²) in [7, 11) is 0. The Morgan fingerprint density at radius 2 is 1.76 bits per heavy atom. The molecule has 4 nitrogen and oxygen atoms in total. The van der Waals surface area contributed by atoms with Gasteiger partial charge in [0.05, 0.1) is 17.5 Å². The minimum atomic E-state index is -0.502. The number of rotatable bonds is 2. The molecule has 2 unspecified atom stereocenters. The highest BCUT2D eigenvalue weighted by atomic mass is 32.1. The second-order valence-corrected chi connectivity index (χ2v) is 5.97. The molecule has 1 heterocycles. The van der Waals surface area contributed by atoms with E-state index in [0.29, 0.717) is 5.69 Å². The zero-order chi connectivity index (χ0) is 15.1. The number of amides is 2. The van der Waals surface area contributed by atoms with Crippen LogP contribution in [-0.2, 0) is 9.59 Å². The Kier molecular flexibility index (Phi) is 3.49. The highest BCUT2D eigenvalue weighted by Gasteiger charge is 2.49. The topological polar surface area (TPSA) is 63.4 Å². The molecule has 110 valence electrons. The van der Waals surface area contributed by atoms with E-state index in [1.54, 1.807) is 0 Å². The summed E-state index contributed by atoms with van der Waals surface area (Å²) in [4.78, 5) is 26.2. The van der Waals surface area contributed by atoms with Gasteiger partial charge in [0, 0.05) is 5.56 Å². The standard InChI is InChI=1S/C15H15FN2O2S/c16-8-5-6-12(11(7-8)13(17)21)18-14(19)9-3-1-2-4-10(9)15(18)20/h5-7,9-10H,1-4H2,(H2,17,21). The van der Waals surface area contributed by atoms with E-state index in [4.69, 9.17) is 18.0 Å². The van der Waals surface area contributed by atoms with Crippen LogP contribution in [0.3, 0.4) is 0 Å². The summed E-state index contributed by atoms with van der Waals surface area (Å²) >= 11 is 4.91. The van der Waals surface area contributed by atoms with Crippen molar-refractivity contribution < 1.29 is 14.0 Å². The molecule has 3 rings (SSSR count). The smallest absolute Gasteiger partial charge is 0.237 e. The van der Waals surface area contributed by atoms with Crippen LogP contribution >= 0.6 is 12.2 Å². The van der Waals surface area contributed by atoms with Crippen molar-refractivity contribution in [2.45, 2.75) is 25.7 Å². The lowest BCUT2D eigenvalue weighted by molar-refractivity contribution is -0.122. The Morgan fingerprint density at radius 1 is 1.19 bits per heavy atom. The summed E-state index contributed by atoms with van der Waals surface area (Å²) in [5.74, 6) is -1.44. The number of fused-ring (bicyclic) bond motifs is 1. The summed E-state index contributed by atoms with van der Waals surface area (Å²) in [6.07, 6.45) is 3.38. The lowest BCUT2D eigenvalue weighted by Gasteiger charge is -2.19. The van der Waals surface area contributed by atoms with Gasteiger partial charge in [0.1, 0.15) is 10.8 Å². The van der Waals surface area contributed by atoms with E-state index in [1.165, 1.54) is 18.2 Å². The van der Waals surface area contributed by atoms with Gasteiger partial charge >= 0.3 is 0 Å². The Hall–Kier alpha value is -1.82. The maximum atomic E-state index is 13.4. The first-order chi connectivity index (χ1) is 10.0. The molecule has 2 N–H and O–H groups in total. The monoisotopic (exact) mass is 306 g/mol. The van der Waals surface area contributed by atoms with Gasteiger partial charge in [-0.2, -0.15) is 0 Å². The number of imide groups is 1. The van der Waals surface area contributed by atoms with Crippen LogP contribution < -0.4 is 10.6 Å². The average Bonchev–Trinajstić information content (AvgIpc) is 2.72. The van der Waals surface area contributed by atoms with Gasteiger partial charge in [-0.25, -0.2) is 9.29 Å². The van der Waals surface area contributed by atoms with Crippen molar-refractivity contribution in [1.82, 2.24) is 0 Å². The number of halogens is 1. The fraction of sp³-hybridized carbons (Fsp3) is 0.400. The minimum absolute atomic E-state index is 0.0278. The number of thiocarbonyl (C=S) groups is 1. The predicted molar refractivity (Wildman–Crippen MR) is 80.2 cm³/mol. The number of carbonyl (C=O) groups excluding carboxylic acids is 2. The zero-order valence-corrected chi connectivity index (χ0v) is 12.2. The fourth-order valence-corrected chi connectivity index (χ4v) is 3.46. The first kappa shape index (κ1) is 14.1. The van der Waals surface area contributed by atoms with Gasteiger partial charge in [-0.05, 0) is 31.0 Å². The van der Waals surface area contributed by atoms with E-state index in [9.17, 15) is 14.0 Å². The van der Waals surface area contributed by atoms with E-state index in [0.717, 1.165) is 30.6 Å². The summed E-state index contributed by atoms with van der Waals surface area (Å²) < 4.78 is 13.4. The maximum Gasteiger partial charge on any atom is 0.237 e. The van der Waals surface area contributed by atoms with Crippen molar-refractivity contribution in [2.24, 2.45) is 17.6 Å². The van der Waals surface area contributed by atoms with Crippen molar-refractivity contribution in [1.29, 1.82) is 0 Å². The third-order valence-electron chi connectivity index (χ3n) is 4.31. The van der Waals surface area contributed by atoms with Crippen LogP contribution in [0.5, 0.6) is 0 Å². The second-order valence-electron chi connectivity index (χ2n) is 5.54. The lowest BCUT2D eigenvalue weighted by Crippen LogP contribution is -2.33. The molecule has 1 aromatic rings. The van der Waals surface area contributed by atoms with Crippen LogP contribution in [-0.4, -0.2) is 16.8 Å². The molecular weight excluding hydrogens is 291 g/mol. The number of nitrogens with zero attached hydrogens (tertiary/aromatic N) is 1. The Morgan fingerprint density at radius 3 is 2.29 bits per heavy atom. The lowest BCUT2D eigenvalue weighted by atomic mass is 9.81. The molecule has 1 aromatic carbocycles. The number of hydrogen-bond donors (Lipinski definition) is 1. The van der Waals surface area contributed by atoms with E-state index in [2.05, 4.69) is 0 Å². The van der Waals surface area contributed by atoms with Crippen LogP contribution in [0.1, 0.15) is 31.2 Å². The summed E-state index contributed by atoms with van der Waals surface area (Å²) in [5.41, 5.74) is 6.13. The third kappa shape index (κ3) is 2.23. The highest BCUT2D eigenvalue weighted by molar-refractivity contribution is 7.80. The summed E-state index contributed by atoms with van der Waals surface area (Å²) in [6, 6.07) is 3.77. The number of hydrogen-bond acceptors (Lipinski definition) is 3. The van der Waals surface area contributed by atoms with E-state index in [1.807, 2.05) is 0 Å². The Balaban J connectivity index is 2.06. The molecule has 0 bridgehead atoms. The third-order valence-corrected chi connectivity index (χ3v) is 4.53. The largest absolute Gasteiger partial charge is 0.389 e. The number of nitrogens with two attached hydrogens (primary N) is 1. The molecule has 2 aliphatic rings. The Labute approximate surface area is 127 Å². The minimum Gasteiger partial charge on any atom is -0.389 e. The SMILES string of the molecule is NC(=S)c1cc(F)ccc1N1C(=O)C2CCCCC2C1=O. The molecule has 1 aliphatic carbocycles.